The zero-order valence-electron chi connectivity index (χ0n) is 10.8. The van der Waals surface area contributed by atoms with Crippen LogP contribution < -0.4 is 10.6 Å². The van der Waals surface area contributed by atoms with Gasteiger partial charge < -0.3 is 10.6 Å². The number of fused-ring (bicyclic) bond motifs is 1. The molecule has 1 aromatic rings. The van der Waals surface area contributed by atoms with Crippen molar-refractivity contribution in [2.75, 3.05) is 11.9 Å². The minimum Gasteiger partial charge on any atom is -0.323 e. The van der Waals surface area contributed by atoms with Crippen molar-refractivity contribution in [1.82, 2.24) is 5.32 Å². The van der Waals surface area contributed by atoms with Crippen LogP contribution >= 0.6 is 0 Å². The van der Waals surface area contributed by atoms with E-state index in [4.69, 9.17) is 0 Å². The molecule has 1 amide bonds. The Labute approximate surface area is 114 Å². The molecular formula is C14H15F3N2O. The monoisotopic (exact) mass is 284 g/mol. The summed E-state index contributed by atoms with van der Waals surface area (Å²) in [5.41, 5.74) is 1.56. The normalized spacial score (nSPS) is 20.9. The molecule has 1 fully saturated rings. The molecule has 0 unspecified atom stereocenters. The van der Waals surface area contributed by atoms with Gasteiger partial charge in [0.2, 0.25) is 11.8 Å². The second-order valence-corrected chi connectivity index (χ2v) is 5.44. The quantitative estimate of drug-likeness (QED) is 0.876. The van der Waals surface area contributed by atoms with E-state index in [-0.39, 0.29) is 5.69 Å². The van der Waals surface area contributed by atoms with Gasteiger partial charge in [-0.3, -0.25) is 4.79 Å². The van der Waals surface area contributed by atoms with E-state index in [9.17, 15) is 18.0 Å². The summed E-state index contributed by atoms with van der Waals surface area (Å²) in [5.74, 6) is -4.43. The number of nitrogens with one attached hydrogen (secondary N) is 2. The summed E-state index contributed by atoms with van der Waals surface area (Å²) >= 11 is 0. The number of benzene rings is 1. The molecule has 2 N–H and O–H groups in total. The fourth-order valence-corrected chi connectivity index (χ4v) is 2.71. The molecule has 1 aliphatic heterocycles. The molecule has 1 saturated carbocycles. The van der Waals surface area contributed by atoms with E-state index in [1.54, 1.807) is 6.07 Å². The first-order valence-corrected chi connectivity index (χ1v) is 6.66. The number of alkyl halides is 2. The van der Waals surface area contributed by atoms with Crippen LogP contribution in [0.15, 0.2) is 12.1 Å². The Bertz CT molecular complexity index is 552. The second kappa shape index (κ2) is 4.77. The topological polar surface area (TPSA) is 41.1 Å². The first-order valence-electron chi connectivity index (χ1n) is 6.66. The van der Waals surface area contributed by atoms with Gasteiger partial charge in [0.15, 0.2) is 0 Å². The van der Waals surface area contributed by atoms with Crippen LogP contribution in [0.1, 0.15) is 24.0 Å². The summed E-state index contributed by atoms with van der Waals surface area (Å²) in [6.45, 7) is 1.30. The Balaban J connectivity index is 1.73. The molecule has 0 bridgehead atoms. The third-order valence-electron chi connectivity index (χ3n) is 3.93. The average molecular weight is 284 g/mol. The molecular weight excluding hydrogens is 269 g/mol. The third-order valence-corrected chi connectivity index (χ3v) is 3.93. The molecule has 2 aliphatic rings. The summed E-state index contributed by atoms with van der Waals surface area (Å²) in [4.78, 5) is 11.8. The van der Waals surface area contributed by atoms with Crippen LogP contribution in [0.4, 0.5) is 18.9 Å². The lowest BCUT2D eigenvalue weighted by molar-refractivity contribution is -0.145. The van der Waals surface area contributed by atoms with E-state index in [2.05, 4.69) is 10.6 Å². The molecule has 3 rings (SSSR count). The highest BCUT2D eigenvalue weighted by Crippen LogP contribution is 2.42. The van der Waals surface area contributed by atoms with E-state index >= 15 is 0 Å². The molecule has 3 nitrogen and oxygen atoms in total. The van der Waals surface area contributed by atoms with E-state index in [0.29, 0.717) is 25.1 Å². The summed E-state index contributed by atoms with van der Waals surface area (Å²) in [6.07, 6.45) is -0.336. The summed E-state index contributed by atoms with van der Waals surface area (Å²) in [7, 11) is 0. The van der Waals surface area contributed by atoms with E-state index in [1.165, 1.54) is 6.07 Å². The molecule has 0 aromatic heterocycles. The predicted octanol–water partition coefficient (Wildman–Crippen LogP) is 2.46. The van der Waals surface area contributed by atoms with Gasteiger partial charge >= 0.3 is 0 Å². The number of carbonyl (C=O) groups excluding carboxylic acids is 1. The number of anilines is 1. The summed E-state index contributed by atoms with van der Waals surface area (Å²) < 4.78 is 39.7. The van der Waals surface area contributed by atoms with Crippen LogP contribution in [-0.2, 0) is 17.8 Å². The first kappa shape index (κ1) is 13.4. The second-order valence-electron chi connectivity index (χ2n) is 5.44. The third kappa shape index (κ3) is 2.40. The molecule has 1 aromatic carbocycles. The van der Waals surface area contributed by atoms with Crippen molar-refractivity contribution in [2.24, 2.45) is 5.92 Å². The molecule has 1 heterocycles. The molecule has 0 radical (unpaired) electrons. The molecule has 0 saturated heterocycles. The zero-order valence-corrected chi connectivity index (χ0v) is 10.8. The maximum atomic E-state index is 14.3. The minimum absolute atomic E-state index is 0.0888. The standard InChI is InChI=1S/C14H15F3N2O/c15-12-10-3-4-18-7-8(10)1-2-11(12)19-13(20)9-5-14(16,17)6-9/h1-2,9,18H,3-7H2,(H,19,20). The van der Waals surface area contributed by atoms with Gasteiger partial charge in [0.05, 0.1) is 5.69 Å². The number of amides is 1. The van der Waals surface area contributed by atoms with Gasteiger partial charge in [-0.2, -0.15) is 0 Å². The maximum Gasteiger partial charge on any atom is 0.249 e. The van der Waals surface area contributed by atoms with Gasteiger partial charge in [0, 0.05) is 25.3 Å². The highest BCUT2D eigenvalue weighted by Gasteiger charge is 2.48. The number of halogens is 3. The van der Waals surface area contributed by atoms with Crippen LogP contribution in [0.25, 0.3) is 0 Å². The fourth-order valence-electron chi connectivity index (χ4n) is 2.71. The van der Waals surface area contributed by atoms with Crippen LogP contribution in [0.5, 0.6) is 0 Å². The maximum absolute atomic E-state index is 14.3. The van der Waals surface area contributed by atoms with Gasteiger partial charge in [0.25, 0.3) is 0 Å². The molecule has 0 atom stereocenters. The van der Waals surface area contributed by atoms with E-state index in [1.807, 2.05) is 0 Å². The van der Waals surface area contributed by atoms with E-state index < -0.39 is 36.4 Å². The van der Waals surface area contributed by atoms with Crippen LogP contribution in [0.3, 0.4) is 0 Å². The van der Waals surface area contributed by atoms with Gasteiger partial charge in [-0.15, -0.1) is 0 Å². The SMILES string of the molecule is O=C(Nc1ccc2c(c1F)CCNC2)C1CC(F)(F)C1. The van der Waals surface area contributed by atoms with Crippen molar-refractivity contribution < 1.29 is 18.0 Å². The van der Waals surface area contributed by atoms with Crippen LogP contribution in [-0.4, -0.2) is 18.4 Å². The molecule has 20 heavy (non-hydrogen) atoms. The number of hydrogen-bond acceptors (Lipinski definition) is 2. The molecule has 6 heteroatoms. The number of carbonyl (C=O) groups is 1. The zero-order chi connectivity index (χ0) is 14.3. The van der Waals surface area contributed by atoms with Crippen molar-refractivity contribution in [3.05, 3.63) is 29.1 Å². The molecule has 1 aliphatic carbocycles. The minimum atomic E-state index is -2.75. The van der Waals surface area contributed by atoms with Crippen LogP contribution in [0, 0.1) is 11.7 Å². The Morgan fingerprint density at radius 1 is 1.35 bits per heavy atom. The lowest BCUT2D eigenvalue weighted by Gasteiger charge is -2.33. The van der Waals surface area contributed by atoms with E-state index in [0.717, 1.165) is 5.56 Å². The largest absolute Gasteiger partial charge is 0.323 e. The Morgan fingerprint density at radius 3 is 2.80 bits per heavy atom. The average Bonchev–Trinajstić information content (AvgIpc) is 2.39. The number of hydrogen-bond donors (Lipinski definition) is 2. The molecule has 0 spiro atoms. The summed E-state index contributed by atoms with van der Waals surface area (Å²) in [6, 6.07) is 3.26. The van der Waals surface area contributed by atoms with Crippen molar-refractivity contribution in [3.8, 4) is 0 Å². The van der Waals surface area contributed by atoms with Gasteiger partial charge in [-0.05, 0) is 30.2 Å². The lowest BCUT2D eigenvalue weighted by atomic mass is 9.80. The Morgan fingerprint density at radius 2 is 2.10 bits per heavy atom. The van der Waals surface area contributed by atoms with Crippen molar-refractivity contribution >= 4 is 11.6 Å². The highest BCUT2D eigenvalue weighted by molar-refractivity contribution is 5.93. The predicted molar refractivity (Wildman–Crippen MR) is 68.1 cm³/mol. The van der Waals surface area contributed by atoms with Crippen molar-refractivity contribution in [1.29, 1.82) is 0 Å². The smallest absolute Gasteiger partial charge is 0.249 e. The Hall–Kier alpha value is -1.56. The van der Waals surface area contributed by atoms with Crippen molar-refractivity contribution in [2.45, 2.75) is 31.7 Å². The summed E-state index contributed by atoms with van der Waals surface area (Å²) in [5, 5.41) is 5.57. The highest BCUT2D eigenvalue weighted by atomic mass is 19.3. The number of rotatable bonds is 2. The van der Waals surface area contributed by atoms with Gasteiger partial charge in [-0.1, -0.05) is 6.07 Å². The lowest BCUT2D eigenvalue weighted by Crippen LogP contribution is -2.42. The van der Waals surface area contributed by atoms with Gasteiger partial charge in [-0.25, -0.2) is 13.2 Å². The van der Waals surface area contributed by atoms with Gasteiger partial charge in [0.1, 0.15) is 5.82 Å². The first-order chi connectivity index (χ1) is 9.46. The fraction of sp³-hybridized carbons (Fsp3) is 0.500. The molecule has 108 valence electrons. The van der Waals surface area contributed by atoms with Crippen LogP contribution in [0.2, 0.25) is 0 Å². The van der Waals surface area contributed by atoms with Crippen molar-refractivity contribution in [3.63, 3.8) is 0 Å². The Kier molecular flexibility index (Phi) is 3.20.